The van der Waals surface area contributed by atoms with E-state index >= 15 is 0 Å². The van der Waals surface area contributed by atoms with Crippen LogP contribution in [0.25, 0.3) is 0 Å². The van der Waals surface area contributed by atoms with Crippen molar-refractivity contribution >= 4 is 27.7 Å². The first-order valence-electron chi connectivity index (χ1n) is 5.79. The molecule has 1 amide bonds. The van der Waals surface area contributed by atoms with Crippen LogP contribution in [0, 0.1) is 0 Å². The average molecular weight is 337 g/mol. The van der Waals surface area contributed by atoms with Crippen molar-refractivity contribution in [3.8, 4) is 11.5 Å². The maximum atomic E-state index is 12.3. The minimum Gasteiger partial charge on any atom is -0.496 e. The number of nitrogens with zero attached hydrogens (tertiary/aromatic N) is 1. The van der Waals surface area contributed by atoms with Gasteiger partial charge in [0.1, 0.15) is 22.9 Å². The molecule has 20 heavy (non-hydrogen) atoms. The van der Waals surface area contributed by atoms with Crippen molar-refractivity contribution in [3.63, 3.8) is 0 Å². The lowest BCUT2D eigenvalue weighted by atomic mass is 10.1. The van der Waals surface area contributed by atoms with E-state index in [1.807, 2.05) is 0 Å². The van der Waals surface area contributed by atoms with Gasteiger partial charge in [-0.25, -0.2) is 4.98 Å². The second-order valence-corrected chi connectivity index (χ2v) is 4.77. The van der Waals surface area contributed by atoms with Crippen LogP contribution in [0.15, 0.2) is 41.0 Å². The molecule has 0 spiro atoms. The van der Waals surface area contributed by atoms with E-state index in [-0.39, 0.29) is 5.91 Å². The molecule has 0 unspecified atom stereocenters. The summed E-state index contributed by atoms with van der Waals surface area (Å²) in [6.45, 7) is 0. The Morgan fingerprint density at radius 2 is 1.80 bits per heavy atom. The molecule has 6 heteroatoms. The number of rotatable bonds is 4. The Bertz CT molecular complexity index is 592. The summed E-state index contributed by atoms with van der Waals surface area (Å²) >= 11 is 3.29. The molecule has 1 aromatic carbocycles. The highest BCUT2D eigenvalue weighted by atomic mass is 79.9. The SMILES string of the molecule is COc1cccc(OC)c1C(=O)Nc1ccc(Br)cn1. The number of halogens is 1. The highest BCUT2D eigenvalue weighted by molar-refractivity contribution is 9.10. The number of amides is 1. The van der Waals surface area contributed by atoms with Gasteiger partial charge in [-0.2, -0.15) is 0 Å². The quantitative estimate of drug-likeness (QED) is 0.931. The third kappa shape index (κ3) is 3.08. The van der Waals surface area contributed by atoms with E-state index < -0.39 is 0 Å². The zero-order valence-electron chi connectivity index (χ0n) is 11.0. The molecule has 0 saturated heterocycles. The number of pyridine rings is 1. The van der Waals surface area contributed by atoms with Crippen molar-refractivity contribution in [1.82, 2.24) is 4.98 Å². The summed E-state index contributed by atoms with van der Waals surface area (Å²) < 4.78 is 11.2. The third-order valence-corrected chi connectivity index (χ3v) is 3.09. The lowest BCUT2D eigenvalue weighted by Gasteiger charge is -2.12. The molecule has 1 N–H and O–H groups in total. The number of aromatic nitrogens is 1. The molecule has 0 aliphatic rings. The average Bonchev–Trinajstić information content (AvgIpc) is 2.48. The summed E-state index contributed by atoms with van der Waals surface area (Å²) in [5.41, 5.74) is 0.335. The number of carbonyl (C=O) groups excluding carboxylic acids is 1. The van der Waals surface area contributed by atoms with Crippen molar-refractivity contribution in [1.29, 1.82) is 0 Å². The fourth-order valence-corrected chi connectivity index (χ4v) is 1.94. The van der Waals surface area contributed by atoms with E-state index in [1.54, 1.807) is 36.5 Å². The van der Waals surface area contributed by atoms with Crippen molar-refractivity contribution in [3.05, 3.63) is 46.6 Å². The molecular formula is C14H13BrN2O3. The van der Waals surface area contributed by atoms with E-state index in [2.05, 4.69) is 26.2 Å². The molecule has 1 heterocycles. The van der Waals surface area contributed by atoms with Crippen LogP contribution in [-0.4, -0.2) is 25.1 Å². The van der Waals surface area contributed by atoms with Crippen LogP contribution >= 0.6 is 15.9 Å². The Labute approximate surface area is 125 Å². The summed E-state index contributed by atoms with van der Waals surface area (Å²) in [7, 11) is 3.01. The molecule has 0 radical (unpaired) electrons. The highest BCUT2D eigenvalue weighted by Gasteiger charge is 2.18. The summed E-state index contributed by atoms with van der Waals surface area (Å²) in [5.74, 6) is 0.998. The zero-order chi connectivity index (χ0) is 14.5. The maximum Gasteiger partial charge on any atom is 0.264 e. The van der Waals surface area contributed by atoms with Crippen LogP contribution in [0.1, 0.15) is 10.4 Å². The van der Waals surface area contributed by atoms with Gasteiger partial charge < -0.3 is 14.8 Å². The predicted molar refractivity (Wildman–Crippen MR) is 79.4 cm³/mol. The summed E-state index contributed by atoms with van der Waals surface area (Å²) in [6, 6.07) is 8.65. The molecule has 0 aliphatic heterocycles. The van der Waals surface area contributed by atoms with Crippen LogP contribution in [-0.2, 0) is 0 Å². The van der Waals surface area contributed by atoms with Crippen LogP contribution in [0.4, 0.5) is 5.82 Å². The van der Waals surface area contributed by atoms with Gasteiger partial charge in [0.05, 0.1) is 14.2 Å². The molecule has 1 aromatic heterocycles. The van der Waals surface area contributed by atoms with Crippen LogP contribution in [0.5, 0.6) is 11.5 Å². The van der Waals surface area contributed by atoms with E-state index in [0.717, 1.165) is 4.47 Å². The highest BCUT2D eigenvalue weighted by Crippen LogP contribution is 2.28. The second-order valence-electron chi connectivity index (χ2n) is 3.85. The number of anilines is 1. The number of ether oxygens (including phenoxy) is 2. The molecule has 0 aliphatic carbocycles. The first kappa shape index (κ1) is 14.3. The summed E-state index contributed by atoms with van der Waals surface area (Å²) in [6.07, 6.45) is 1.61. The maximum absolute atomic E-state index is 12.3. The molecule has 0 saturated carbocycles. The van der Waals surface area contributed by atoms with Gasteiger partial charge in [-0.1, -0.05) is 6.07 Å². The minimum atomic E-state index is -0.339. The van der Waals surface area contributed by atoms with Crippen molar-refractivity contribution in [2.45, 2.75) is 0 Å². The Balaban J connectivity index is 2.31. The fourth-order valence-electron chi connectivity index (χ4n) is 1.70. The largest absolute Gasteiger partial charge is 0.496 e. The number of carbonyl (C=O) groups is 1. The Morgan fingerprint density at radius 1 is 1.15 bits per heavy atom. The zero-order valence-corrected chi connectivity index (χ0v) is 12.6. The predicted octanol–water partition coefficient (Wildman–Crippen LogP) is 3.11. The number of hydrogen-bond acceptors (Lipinski definition) is 4. The molecule has 0 bridgehead atoms. The first-order valence-corrected chi connectivity index (χ1v) is 6.59. The van der Waals surface area contributed by atoms with Crippen LogP contribution in [0.3, 0.4) is 0 Å². The van der Waals surface area contributed by atoms with Gasteiger partial charge in [-0.3, -0.25) is 4.79 Å². The van der Waals surface area contributed by atoms with Gasteiger partial charge in [-0.05, 0) is 40.2 Å². The first-order chi connectivity index (χ1) is 9.65. The number of methoxy groups -OCH3 is 2. The lowest BCUT2D eigenvalue weighted by molar-refractivity contribution is 0.102. The normalized spacial score (nSPS) is 9.95. The smallest absolute Gasteiger partial charge is 0.264 e. The third-order valence-electron chi connectivity index (χ3n) is 2.62. The van der Waals surface area contributed by atoms with Gasteiger partial charge in [0, 0.05) is 10.7 Å². The van der Waals surface area contributed by atoms with E-state index in [4.69, 9.17) is 9.47 Å². The fraction of sp³-hybridized carbons (Fsp3) is 0.143. The van der Waals surface area contributed by atoms with E-state index in [0.29, 0.717) is 22.9 Å². The topological polar surface area (TPSA) is 60.5 Å². The van der Waals surface area contributed by atoms with Crippen LogP contribution < -0.4 is 14.8 Å². The molecule has 2 aromatic rings. The van der Waals surface area contributed by atoms with Gasteiger partial charge in [-0.15, -0.1) is 0 Å². The Kier molecular flexibility index (Phi) is 4.57. The van der Waals surface area contributed by atoms with E-state index in [9.17, 15) is 4.79 Å². The van der Waals surface area contributed by atoms with Gasteiger partial charge in [0.15, 0.2) is 0 Å². The van der Waals surface area contributed by atoms with Crippen LogP contribution in [0.2, 0.25) is 0 Å². The number of nitrogens with one attached hydrogen (secondary N) is 1. The molecule has 0 fully saturated rings. The minimum absolute atomic E-state index is 0.335. The molecule has 5 nitrogen and oxygen atoms in total. The van der Waals surface area contributed by atoms with Gasteiger partial charge >= 0.3 is 0 Å². The summed E-state index contributed by atoms with van der Waals surface area (Å²) in [5, 5.41) is 2.70. The second kappa shape index (κ2) is 6.38. The van der Waals surface area contributed by atoms with Gasteiger partial charge in [0.2, 0.25) is 0 Å². The van der Waals surface area contributed by atoms with Crippen molar-refractivity contribution < 1.29 is 14.3 Å². The number of hydrogen-bond donors (Lipinski definition) is 1. The van der Waals surface area contributed by atoms with Gasteiger partial charge in [0.25, 0.3) is 5.91 Å². The number of benzene rings is 1. The molecule has 104 valence electrons. The monoisotopic (exact) mass is 336 g/mol. The lowest BCUT2D eigenvalue weighted by Crippen LogP contribution is -2.15. The Morgan fingerprint density at radius 3 is 2.30 bits per heavy atom. The standard InChI is InChI=1S/C14H13BrN2O3/c1-19-10-4-3-5-11(20-2)13(10)14(18)17-12-7-6-9(15)8-16-12/h3-8H,1-2H3,(H,16,17,18). The molecular weight excluding hydrogens is 324 g/mol. The van der Waals surface area contributed by atoms with E-state index in [1.165, 1.54) is 14.2 Å². The van der Waals surface area contributed by atoms with Crippen molar-refractivity contribution in [2.24, 2.45) is 0 Å². The van der Waals surface area contributed by atoms with Crippen molar-refractivity contribution in [2.75, 3.05) is 19.5 Å². The summed E-state index contributed by atoms with van der Waals surface area (Å²) in [4.78, 5) is 16.4. The Hall–Kier alpha value is -2.08. The molecule has 2 rings (SSSR count). The molecule has 0 atom stereocenters.